The van der Waals surface area contributed by atoms with Crippen molar-refractivity contribution >= 4 is 57.9 Å². The third-order valence-corrected chi connectivity index (χ3v) is 8.41. The van der Waals surface area contributed by atoms with Crippen LogP contribution < -0.4 is 10.2 Å². The highest BCUT2D eigenvalue weighted by Gasteiger charge is 2.24. The van der Waals surface area contributed by atoms with Crippen molar-refractivity contribution in [2.45, 2.75) is 4.34 Å². The van der Waals surface area contributed by atoms with Crippen LogP contribution in [0.4, 0.5) is 15.8 Å². The maximum Gasteiger partial charge on any atom is 0.256 e. The van der Waals surface area contributed by atoms with Gasteiger partial charge < -0.3 is 15.1 Å². The molecule has 1 aromatic heterocycles. The topological polar surface area (TPSA) is 65.5 Å². The number of hydrogen-bond donors (Lipinski definition) is 1. The van der Waals surface area contributed by atoms with Crippen molar-refractivity contribution in [1.29, 1.82) is 0 Å². The molecule has 0 spiro atoms. The Bertz CT molecular complexity index is 1420. The van der Waals surface area contributed by atoms with Crippen molar-refractivity contribution in [1.82, 2.24) is 9.88 Å². The number of amides is 2. The molecule has 0 saturated carbocycles. The number of piperazine rings is 1. The average molecular weight is 567 g/mol. The van der Waals surface area contributed by atoms with Crippen LogP contribution in [-0.4, -0.2) is 53.6 Å². The van der Waals surface area contributed by atoms with Gasteiger partial charge in [0.2, 0.25) is 5.91 Å². The number of carbonyl (C=O) groups excluding carboxylic acids is 2. The monoisotopic (exact) mass is 566 g/mol. The molecule has 4 aromatic rings. The average Bonchev–Trinajstić information content (AvgIpc) is 3.42. The first-order valence-electron chi connectivity index (χ1n) is 12.0. The van der Waals surface area contributed by atoms with Crippen LogP contribution in [0.1, 0.15) is 10.4 Å². The second-order valence-corrected chi connectivity index (χ2v) is 11.2. The highest BCUT2D eigenvalue weighted by Crippen LogP contribution is 2.29. The fourth-order valence-corrected chi connectivity index (χ4v) is 5.89. The molecule has 0 atom stereocenters. The summed E-state index contributed by atoms with van der Waals surface area (Å²) in [5, 5.41) is 5.58. The Morgan fingerprint density at radius 1 is 0.974 bits per heavy atom. The van der Waals surface area contributed by atoms with Gasteiger partial charge in [-0.3, -0.25) is 9.59 Å². The minimum absolute atomic E-state index is 0.105. The third-order valence-electron chi connectivity index (χ3n) is 6.14. The SMILES string of the molecule is O=C(CSc1nc(-c2ccc(Cl)cc2)cs1)Nc1ccc(N2CCN(C(=O)c3ccccc3F)CC2)cc1. The van der Waals surface area contributed by atoms with E-state index < -0.39 is 5.82 Å². The lowest BCUT2D eigenvalue weighted by Crippen LogP contribution is -2.49. The molecule has 1 N–H and O–H groups in total. The molecule has 0 bridgehead atoms. The first kappa shape index (κ1) is 26.2. The van der Waals surface area contributed by atoms with E-state index in [-0.39, 0.29) is 23.1 Å². The molecule has 3 aromatic carbocycles. The van der Waals surface area contributed by atoms with Crippen LogP contribution >= 0.6 is 34.7 Å². The van der Waals surface area contributed by atoms with Crippen molar-refractivity contribution in [3.63, 3.8) is 0 Å². The van der Waals surface area contributed by atoms with Gasteiger partial charge in [-0.25, -0.2) is 9.37 Å². The largest absolute Gasteiger partial charge is 0.368 e. The summed E-state index contributed by atoms with van der Waals surface area (Å²) in [7, 11) is 0. The lowest BCUT2D eigenvalue weighted by Gasteiger charge is -2.36. The predicted molar refractivity (Wildman–Crippen MR) is 153 cm³/mol. The zero-order chi connectivity index (χ0) is 26.5. The van der Waals surface area contributed by atoms with Crippen molar-refractivity contribution in [2.75, 3.05) is 42.1 Å². The molecule has 1 saturated heterocycles. The fraction of sp³-hybridized carbons (Fsp3) is 0.179. The van der Waals surface area contributed by atoms with Gasteiger partial charge >= 0.3 is 0 Å². The van der Waals surface area contributed by atoms with E-state index in [0.29, 0.717) is 36.9 Å². The van der Waals surface area contributed by atoms with E-state index >= 15 is 0 Å². The summed E-state index contributed by atoms with van der Waals surface area (Å²) < 4.78 is 14.8. The Morgan fingerprint density at radius 2 is 1.68 bits per heavy atom. The number of halogens is 2. The molecule has 1 fully saturated rings. The van der Waals surface area contributed by atoms with E-state index in [1.165, 1.54) is 35.2 Å². The molecule has 5 rings (SSSR count). The normalized spacial score (nSPS) is 13.4. The van der Waals surface area contributed by atoms with Crippen LogP contribution in [0.25, 0.3) is 11.3 Å². The van der Waals surface area contributed by atoms with Gasteiger partial charge in [0.05, 0.1) is 17.0 Å². The molecular weight excluding hydrogens is 543 g/mol. The standard InChI is InChI=1S/C28H24ClFN4O2S2/c29-20-7-5-19(6-8-20)25-17-37-28(32-25)38-18-26(35)31-21-9-11-22(12-10-21)33-13-15-34(16-14-33)27(36)23-3-1-2-4-24(23)30/h1-12,17H,13-16,18H2,(H,31,35). The number of thiazole rings is 1. The van der Waals surface area contributed by atoms with E-state index in [1.807, 2.05) is 53.9 Å². The maximum atomic E-state index is 14.0. The highest BCUT2D eigenvalue weighted by molar-refractivity contribution is 8.01. The minimum Gasteiger partial charge on any atom is -0.368 e. The number of carbonyl (C=O) groups is 2. The Balaban J connectivity index is 1.09. The summed E-state index contributed by atoms with van der Waals surface area (Å²) in [6.07, 6.45) is 0. The lowest BCUT2D eigenvalue weighted by molar-refractivity contribution is -0.113. The van der Waals surface area contributed by atoms with Gasteiger partial charge in [-0.2, -0.15) is 0 Å². The van der Waals surface area contributed by atoms with Crippen LogP contribution in [0.2, 0.25) is 5.02 Å². The molecule has 38 heavy (non-hydrogen) atoms. The van der Waals surface area contributed by atoms with Gasteiger partial charge in [0, 0.05) is 53.5 Å². The summed E-state index contributed by atoms with van der Waals surface area (Å²) in [5.74, 6) is -0.623. The highest BCUT2D eigenvalue weighted by atomic mass is 35.5. The van der Waals surface area contributed by atoms with Crippen LogP contribution in [0.5, 0.6) is 0 Å². The number of hydrogen-bond acceptors (Lipinski definition) is 6. The van der Waals surface area contributed by atoms with Crippen LogP contribution in [-0.2, 0) is 4.79 Å². The summed E-state index contributed by atoms with van der Waals surface area (Å²) in [4.78, 5) is 33.6. The second-order valence-electron chi connectivity index (χ2n) is 8.65. The van der Waals surface area contributed by atoms with Crippen LogP contribution in [0, 0.1) is 5.82 Å². The number of thioether (sulfide) groups is 1. The number of nitrogens with one attached hydrogen (secondary N) is 1. The van der Waals surface area contributed by atoms with E-state index in [2.05, 4.69) is 15.2 Å². The zero-order valence-corrected chi connectivity index (χ0v) is 22.7. The molecule has 6 nitrogen and oxygen atoms in total. The summed E-state index contributed by atoms with van der Waals surface area (Å²) >= 11 is 8.86. The Morgan fingerprint density at radius 3 is 2.39 bits per heavy atom. The van der Waals surface area contributed by atoms with E-state index in [9.17, 15) is 14.0 Å². The van der Waals surface area contributed by atoms with Crippen LogP contribution in [0.3, 0.4) is 0 Å². The number of nitrogens with zero attached hydrogens (tertiary/aromatic N) is 3. The summed E-state index contributed by atoms with van der Waals surface area (Å²) in [5.41, 5.74) is 3.68. The molecule has 2 heterocycles. The van der Waals surface area contributed by atoms with Crippen LogP contribution in [0.15, 0.2) is 82.5 Å². The Hall–Kier alpha value is -3.40. The van der Waals surface area contributed by atoms with E-state index in [1.54, 1.807) is 17.0 Å². The quantitative estimate of drug-likeness (QED) is 0.266. The molecule has 1 aliphatic rings. The number of anilines is 2. The third kappa shape index (κ3) is 6.35. The number of rotatable bonds is 7. The molecule has 0 unspecified atom stereocenters. The molecule has 1 aliphatic heterocycles. The van der Waals surface area contributed by atoms with E-state index in [4.69, 9.17) is 11.6 Å². The Labute approximate surface area is 233 Å². The fourth-order valence-electron chi connectivity index (χ4n) is 4.13. The van der Waals surface area contributed by atoms with Gasteiger partial charge in [0.1, 0.15) is 5.82 Å². The van der Waals surface area contributed by atoms with Gasteiger partial charge in [0.15, 0.2) is 4.34 Å². The minimum atomic E-state index is -0.495. The van der Waals surface area contributed by atoms with E-state index in [0.717, 1.165) is 21.3 Å². The molecule has 0 radical (unpaired) electrons. The number of benzene rings is 3. The summed E-state index contributed by atoms with van der Waals surface area (Å²) in [6.45, 7) is 2.32. The lowest BCUT2D eigenvalue weighted by atomic mass is 10.1. The molecule has 2 amide bonds. The van der Waals surface area contributed by atoms with Gasteiger partial charge in [0.25, 0.3) is 5.91 Å². The van der Waals surface area contributed by atoms with Gasteiger partial charge in [-0.05, 0) is 48.5 Å². The van der Waals surface area contributed by atoms with Crippen molar-refractivity contribution in [2.24, 2.45) is 0 Å². The molecular formula is C28H24ClFN4O2S2. The second kappa shape index (κ2) is 12.0. The summed E-state index contributed by atoms with van der Waals surface area (Å²) in [6, 6.07) is 21.2. The van der Waals surface area contributed by atoms with Crippen molar-refractivity contribution < 1.29 is 14.0 Å². The van der Waals surface area contributed by atoms with Gasteiger partial charge in [-0.15, -0.1) is 11.3 Å². The van der Waals surface area contributed by atoms with Gasteiger partial charge in [-0.1, -0.05) is 47.6 Å². The molecule has 0 aliphatic carbocycles. The number of aromatic nitrogens is 1. The zero-order valence-electron chi connectivity index (χ0n) is 20.3. The van der Waals surface area contributed by atoms with Crippen molar-refractivity contribution in [3.05, 3.63) is 94.6 Å². The first-order chi connectivity index (χ1) is 18.5. The molecule has 194 valence electrons. The van der Waals surface area contributed by atoms with Crippen molar-refractivity contribution in [3.8, 4) is 11.3 Å². The smallest absolute Gasteiger partial charge is 0.256 e. The Kier molecular flexibility index (Phi) is 8.26. The maximum absolute atomic E-state index is 14.0. The predicted octanol–water partition coefficient (Wildman–Crippen LogP) is 6.30. The molecule has 10 heteroatoms. The first-order valence-corrected chi connectivity index (χ1v) is 14.2.